The van der Waals surface area contributed by atoms with Crippen molar-refractivity contribution in [3.8, 4) is 5.75 Å². The quantitative estimate of drug-likeness (QED) is 0.911. The molecule has 3 rings (SSSR count). The zero-order valence-electron chi connectivity index (χ0n) is 13.6. The number of fused-ring (bicyclic) bond motifs is 1. The minimum Gasteiger partial charge on any atom is -0.497 e. The number of hydrogen-bond acceptors (Lipinski definition) is 3. The molecule has 1 saturated heterocycles. The van der Waals surface area contributed by atoms with Crippen LogP contribution >= 0.6 is 0 Å². The van der Waals surface area contributed by atoms with E-state index >= 15 is 0 Å². The Morgan fingerprint density at radius 1 is 1.22 bits per heavy atom. The first-order valence-electron chi connectivity index (χ1n) is 8.46. The van der Waals surface area contributed by atoms with Crippen LogP contribution in [0.2, 0.25) is 0 Å². The average molecular weight is 316 g/mol. The highest BCUT2D eigenvalue weighted by molar-refractivity contribution is 6.00. The van der Waals surface area contributed by atoms with Gasteiger partial charge in [0.25, 0.3) is 0 Å². The van der Waals surface area contributed by atoms with Crippen molar-refractivity contribution in [2.24, 2.45) is 0 Å². The number of carbonyl (C=O) groups excluding carboxylic acids is 2. The second kappa shape index (κ2) is 7.02. The lowest BCUT2D eigenvalue weighted by Gasteiger charge is -2.27. The van der Waals surface area contributed by atoms with Crippen molar-refractivity contribution in [1.82, 2.24) is 5.32 Å². The molecule has 23 heavy (non-hydrogen) atoms. The van der Waals surface area contributed by atoms with Gasteiger partial charge >= 0.3 is 0 Å². The molecule has 2 aliphatic heterocycles. The summed E-state index contributed by atoms with van der Waals surface area (Å²) in [5.41, 5.74) is 2.11. The van der Waals surface area contributed by atoms with Gasteiger partial charge in [-0.15, -0.1) is 0 Å². The van der Waals surface area contributed by atoms with Crippen LogP contribution in [0.1, 0.15) is 44.1 Å². The second-order valence-corrected chi connectivity index (χ2v) is 6.31. The largest absolute Gasteiger partial charge is 0.497 e. The molecule has 1 fully saturated rings. The number of ether oxygens (including phenoxy) is 1. The molecule has 1 N–H and O–H groups in total. The van der Waals surface area contributed by atoms with Crippen LogP contribution in [-0.2, 0) is 16.0 Å². The highest BCUT2D eigenvalue weighted by Crippen LogP contribution is 2.30. The highest BCUT2D eigenvalue weighted by Gasteiger charge is 2.30. The van der Waals surface area contributed by atoms with Crippen molar-refractivity contribution in [3.63, 3.8) is 0 Å². The Hall–Kier alpha value is -2.04. The van der Waals surface area contributed by atoms with E-state index in [9.17, 15) is 9.59 Å². The number of nitrogens with one attached hydrogen (secondary N) is 1. The van der Waals surface area contributed by atoms with E-state index in [1.165, 1.54) is 0 Å². The Bertz CT molecular complexity index is 600. The van der Waals surface area contributed by atoms with Gasteiger partial charge in [0.2, 0.25) is 11.8 Å². The van der Waals surface area contributed by atoms with Crippen LogP contribution in [0.4, 0.5) is 5.69 Å². The third-order valence-electron chi connectivity index (χ3n) is 4.70. The fourth-order valence-electron chi connectivity index (χ4n) is 3.43. The van der Waals surface area contributed by atoms with Crippen molar-refractivity contribution < 1.29 is 14.3 Å². The van der Waals surface area contributed by atoms with E-state index in [1.54, 1.807) is 7.11 Å². The number of amides is 2. The van der Waals surface area contributed by atoms with Crippen LogP contribution in [0.15, 0.2) is 18.2 Å². The van der Waals surface area contributed by atoms with E-state index in [-0.39, 0.29) is 11.8 Å². The molecule has 124 valence electrons. The van der Waals surface area contributed by atoms with Gasteiger partial charge < -0.3 is 15.0 Å². The molecule has 2 aliphatic rings. The topological polar surface area (TPSA) is 58.6 Å². The van der Waals surface area contributed by atoms with Gasteiger partial charge in [-0.2, -0.15) is 0 Å². The number of anilines is 1. The van der Waals surface area contributed by atoms with Crippen LogP contribution in [0, 0.1) is 0 Å². The van der Waals surface area contributed by atoms with E-state index in [1.807, 2.05) is 23.1 Å². The summed E-state index contributed by atoms with van der Waals surface area (Å²) in [5.74, 6) is 0.833. The highest BCUT2D eigenvalue weighted by atomic mass is 16.5. The maximum absolute atomic E-state index is 13.0. The molecule has 0 aliphatic carbocycles. The monoisotopic (exact) mass is 316 g/mol. The molecule has 0 unspecified atom stereocenters. The van der Waals surface area contributed by atoms with Gasteiger partial charge in [0.05, 0.1) is 7.11 Å². The molecule has 0 radical (unpaired) electrons. The van der Waals surface area contributed by atoms with Crippen molar-refractivity contribution in [1.29, 1.82) is 0 Å². The second-order valence-electron chi connectivity index (χ2n) is 6.31. The first kappa shape index (κ1) is 15.8. The van der Waals surface area contributed by atoms with Crippen molar-refractivity contribution >= 4 is 17.5 Å². The zero-order valence-corrected chi connectivity index (χ0v) is 13.6. The fraction of sp³-hybridized carbons (Fsp3) is 0.556. The van der Waals surface area contributed by atoms with Gasteiger partial charge in [0.1, 0.15) is 11.8 Å². The number of methoxy groups -OCH3 is 1. The van der Waals surface area contributed by atoms with Crippen molar-refractivity contribution in [2.75, 3.05) is 18.6 Å². The van der Waals surface area contributed by atoms with Crippen molar-refractivity contribution in [3.05, 3.63) is 23.8 Å². The first-order valence-corrected chi connectivity index (χ1v) is 8.46. The predicted octanol–water partition coefficient (Wildman–Crippen LogP) is 2.42. The lowest BCUT2D eigenvalue weighted by Crippen LogP contribution is -2.48. The molecule has 1 aromatic rings. The van der Waals surface area contributed by atoms with Crippen LogP contribution in [0.3, 0.4) is 0 Å². The van der Waals surface area contributed by atoms with Gasteiger partial charge in [-0.1, -0.05) is 6.42 Å². The van der Waals surface area contributed by atoms with Gasteiger partial charge in [0.15, 0.2) is 0 Å². The molecule has 2 amide bonds. The summed E-state index contributed by atoms with van der Waals surface area (Å²) in [6.07, 6.45) is 6.02. The van der Waals surface area contributed by atoms with E-state index in [2.05, 4.69) is 5.32 Å². The van der Waals surface area contributed by atoms with E-state index < -0.39 is 6.04 Å². The third-order valence-corrected chi connectivity index (χ3v) is 4.70. The Labute approximate surface area is 137 Å². The van der Waals surface area contributed by atoms with Crippen LogP contribution in [-0.4, -0.2) is 31.5 Å². The standard InChI is InChI=1S/C18H24N2O3/c1-23-14-9-10-16-13(12-14)6-4-5-11-20(16)18(22)15-7-2-3-8-17(21)19-15/h9-10,12,15H,2-8,11H2,1H3,(H,19,21)/t15-/m0/s1. The van der Waals surface area contributed by atoms with Gasteiger partial charge in [-0.25, -0.2) is 0 Å². The molecule has 0 bridgehead atoms. The van der Waals surface area contributed by atoms with E-state index in [0.717, 1.165) is 55.5 Å². The SMILES string of the molecule is COc1ccc2c(c1)CCCCN2C(=O)[C@@H]1CCCCC(=O)N1. The number of rotatable bonds is 2. The maximum atomic E-state index is 13.0. The van der Waals surface area contributed by atoms with Crippen LogP contribution in [0.25, 0.3) is 0 Å². The van der Waals surface area contributed by atoms with Gasteiger partial charge in [0, 0.05) is 18.7 Å². The molecule has 1 aromatic carbocycles. The summed E-state index contributed by atoms with van der Waals surface area (Å²) in [4.78, 5) is 26.6. The molecular weight excluding hydrogens is 292 g/mol. The number of benzene rings is 1. The molecule has 2 heterocycles. The Morgan fingerprint density at radius 3 is 2.87 bits per heavy atom. The molecule has 0 saturated carbocycles. The molecule has 1 atom stereocenters. The summed E-state index contributed by atoms with van der Waals surface area (Å²) in [5, 5.41) is 2.89. The minimum atomic E-state index is -0.391. The third kappa shape index (κ3) is 3.49. The fourth-order valence-corrected chi connectivity index (χ4v) is 3.43. The number of carbonyl (C=O) groups is 2. The smallest absolute Gasteiger partial charge is 0.249 e. The Morgan fingerprint density at radius 2 is 2.04 bits per heavy atom. The normalized spacial score (nSPS) is 21.7. The first-order chi connectivity index (χ1) is 11.2. The summed E-state index contributed by atoms with van der Waals surface area (Å²) in [6, 6.07) is 5.50. The van der Waals surface area contributed by atoms with Crippen LogP contribution in [0.5, 0.6) is 5.75 Å². The van der Waals surface area contributed by atoms with Crippen molar-refractivity contribution in [2.45, 2.75) is 51.0 Å². The summed E-state index contributed by atoms with van der Waals surface area (Å²) < 4.78 is 5.30. The zero-order chi connectivity index (χ0) is 16.2. The predicted molar refractivity (Wildman–Crippen MR) is 88.7 cm³/mol. The Balaban J connectivity index is 1.87. The Kier molecular flexibility index (Phi) is 4.84. The molecule has 5 nitrogen and oxygen atoms in total. The summed E-state index contributed by atoms with van der Waals surface area (Å²) >= 11 is 0. The van der Waals surface area contributed by atoms with E-state index in [0.29, 0.717) is 13.0 Å². The average Bonchev–Trinajstić information content (AvgIpc) is 2.91. The number of nitrogens with zero attached hydrogens (tertiary/aromatic N) is 1. The lowest BCUT2D eigenvalue weighted by atomic mass is 10.1. The van der Waals surface area contributed by atoms with Gasteiger partial charge in [-0.3, -0.25) is 9.59 Å². The molecule has 0 aromatic heterocycles. The summed E-state index contributed by atoms with van der Waals surface area (Å²) in [7, 11) is 1.66. The molecule has 5 heteroatoms. The molecular formula is C18H24N2O3. The van der Waals surface area contributed by atoms with Gasteiger partial charge in [-0.05, 0) is 55.9 Å². The lowest BCUT2D eigenvalue weighted by molar-refractivity contribution is -0.127. The molecule has 0 spiro atoms. The number of hydrogen-bond donors (Lipinski definition) is 1. The minimum absolute atomic E-state index is 0.00868. The summed E-state index contributed by atoms with van der Waals surface area (Å²) in [6.45, 7) is 0.713. The van der Waals surface area contributed by atoms with Crippen LogP contribution < -0.4 is 15.0 Å². The van der Waals surface area contributed by atoms with E-state index in [4.69, 9.17) is 4.74 Å². The maximum Gasteiger partial charge on any atom is 0.249 e. The number of aryl methyl sites for hydroxylation is 1.